The SMILES string of the molecule is O=S(=O)(N1CCc2ccccc2C1)N1CCNCC1c1cccc(Cl)c1. The van der Waals surface area contributed by atoms with E-state index in [4.69, 9.17) is 11.6 Å². The average molecular weight is 392 g/mol. The Labute approximate surface area is 159 Å². The number of hydrogen-bond acceptors (Lipinski definition) is 3. The smallest absolute Gasteiger partial charge is 0.282 e. The molecule has 1 unspecified atom stereocenters. The molecule has 0 saturated carbocycles. The van der Waals surface area contributed by atoms with Crippen LogP contribution in [-0.4, -0.2) is 43.2 Å². The third kappa shape index (κ3) is 3.40. The van der Waals surface area contributed by atoms with Gasteiger partial charge < -0.3 is 5.32 Å². The highest BCUT2D eigenvalue weighted by Gasteiger charge is 2.38. The lowest BCUT2D eigenvalue weighted by Gasteiger charge is -2.39. The monoisotopic (exact) mass is 391 g/mol. The molecule has 1 atom stereocenters. The van der Waals surface area contributed by atoms with Crippen molar-refractivity contribution < 1.29 is 8.42 Å². The van der Waals surface area contributed by atoms with Gasteiger partial charge in [-0.3, -0.25) is 0 Å². The summed E-state index contributed by atoms with van der Waals surface area (Å²) in [6, 6.07) is 15.3. The summed E-state index contributed by atoms with van der Waals surface area (Å²) in [4.78, 5) is 0. The van der Waals surface area contributed by atoms with Crippen LogP contribution < -0.4 is 5.32 Å². The normalized spacial score (nSPS) is 22.1. The molecule has 0 aromatic heterocycles. The largest absolute Gasteiger partial charge is 0.313 e. The van der Waals surface area contributed by atoms with Gasteiger partial charge in [-0.25, -0.2) is 0 Å². The van der Waals surface area contributed by atoms with E-state index in [1.54, 1.807) is 8.61 Å². The molecule has 26 heavy (non-hydrogen) atoms. The van der Waals surface area contributed by atoms with Gasteiger partial charge in [-0.15, -0.1) is 0 Å². The second-order valence-corrected chi connectivity index (χ2v) is 9.06. The van der Waals surface area contributed by atoms with E-state index in [0.717, 1.165) is 17.5 Å². The number of halogens is 1. The Hall–Kier alpha value is -1.44. The van der Waals surface area contributed by atoms with Gasteiger partial charge in [0.2, 0.25) is 0 Å². The van der Waals surface area contributed by atoms with E-state index in [1.807, 2.05) is 42.5 Å². The number of rotatable bonds is 3. The average Bonchev–Trinajstić information content (AvgIpc) is 2.67. The third-order valence-electron chi connectivity index (χ3n) is 5.15. The molecule has 2 aromatic rings. The molecule has 0 amide bonds. The fraction of sp³-hybridized carbons (Fsp3) is 0.368. The molecule has 5 nitrogen and oxygen atoms in total. The van der Waals surface area contributed by atoms with E-state index in [9.17, 15) is 8.42 Å². The van der Waals surface area contributed by atoms with E-state index in [0.29, 0.717) is 37.7 Å². The van der Waals surface area contributed by atoms with Crippen LogP contribution in [0.1, 0.15) is 22.7 Å². The van der Waals surface area contributed by atoms with Crippen LogP contribution in [0.2, 0.25) is 5.02 Å². The van der Waals surface area contributed by atoms with E-state index in [2.05, 4.69) is 11.4 Å². The van der Waals surface area contributed by atoms with Crippen molar-refractivity contribution in [3.8, 4) is 0 Å². The van der Waals surface area contributed by atoms with Gasteiger partial charge in [0, 0.05) is 37.7 Å². The van der Waals surface area contributed by atoms with Crippen LogP contribution in [0.3, 0.4) is 0 Å². The summed E-state index contributed by atoms with van der Waals surface area (Å²) in [5.41, 5.74) is 3.26. The first-order chi connectivity index (χ1) is 12.6. The summed E-state index contributed by atoms with van der Waals surface area (Å²) < 4.78 is 30.1. The van der Waals surface area contributed by atoms with Crippen LogP contribution in [-0.2, 0) is 23.2 Å². The van der Waals surface area contributed by atoms with Gasteiger partial charge >= 0.3 is 0 Å². The zero-order valence-electron chi connectivity index (χ0n) is 14.4. The van der Waals surface area contributed by atoms with Crippen LogP contribution in [0.25, 0.3) is 0 Å². The standard InChI is InChI=1S/C19H22ClN3O2S/c20-18-7-3-6-16(12-18)19-13-21-9-11-23(19)26(24,25)22-10-8-15-4-1-2-5-17(15)14-22/h1-7,12,19,21H,8-11,13-14H2. The molecular weight excluding hydrogens is 370 g/mol. The Balaban J connectivity index is 1.63. The van der Waals surface area contributed by atoms with Crippen molar-refractivity contribution in [2.45, 2.75) is 19.0 Å². The van der Waals surface area contributed by atoms with Crippen LogP contribution in [0, 0.1) is 0 Å². The van der Waals surface area contributed by atoms with Gasteiger partial charge in [-0.2, -0.15) is 17.0 Å². The molecule has 2 aromatic carbocycles. The van der Waals surface area contributed by atoms with Gasteiger partial charge in [0.1, 0.15) is 0 Å². The number of fused-ring (bicyclic) bond motifs is 1. The quantitative estimate of drug-likeness (QED) is 0.874. The topological polar surface area (TPSA) is 52.7 Å². The van der Waals surface area contributed by atoms with Gasteiger partial charge in [0.15, 0.2) is 0 Å². The maximum Gasteiger partial charge on any atom is 0.282 e. The number of nitrogens with zero attached hydrogens (tertiary/aromatic N) is 2. The lowest BCUT2D eigenvalue weighted by molar-refractivity contribution is 0.242. The second kappa shape index (κ2) is 7.29. The molecule has 2 aliphatic heterocycles. The first-order valence-electron chi connectivity index (χ1n) is 8.85. The van der Waals surface area contributed by atoms with E-state index in [-0.39, 0.29) is 6.04 Å². The molecule has 2 aliphatic rings. The van der Waals surface area contributed by atoms with Crippen molar-refractivity contribution >= 4 is 21.8 Å². The Kier molecular flexibility index (Phi) is 5.03. The minimum atomic E-state index is -3.55. The van der Waals surface area contributed by atoms with Crippen LogP contribution in [0.5, 0.6) is 0 Å². The minimum absolute atomic E-state index is 0.246. The molecule has 4 rings (SSSR count). The summed E-state index contributed by atoms with van der Waals surface area (Å²) in [6.07, 6.45) is 0.753. The third-order valence-corrected chi connectivity index (χ3v) is 7.38. The highest BCUT2D eigenvalue weighted by Crippen LogP contribution is 2.30. The maximum atomic E-state index is 13.4. The highest BCUT2D eigenvalue weighted by atomic mass is 35.5. The summed E-state index contributed by atoms with van der Waals surface area (Å²) in [5, 5.41) is 3.93. The number of piperazine rings is 1. The van der Waals surface area contributed by atoms with Gasteiger partial charge in [0.25, 0.3) is 10.2 Å². The van der Waals surface area contributed by atoms with Crippen molar-refractivity contribution in [2.75, 3.05) is 26.2 Å². The number of benzene rings is 2. The fourth-order valence-electron chi connectivity index (χ4n) is 3.77. The van der Waals surface area contributed by atoms with Crippen molar-refractivity contribution in [3.05, 3.63) is 70.2 Å². The zero-order chi connectivity index (χ0) is 18.1. The Morgan fingerprint density at radius 1 is 1.04 bits per heavy atom. The second-order valence-electron chi connectivity index (χ2n) is 6.75. The molecule has 0 bridgehead atoms. The van der Waals surface area contributed by atoms with Gasteiger partial charge in [-0.05, 0) is 35.2 Å². The molecule has 0 spiro atoms. The van der Waals surface area contributed by atoms with E-state index in [1.165, 1.54) is 5.56 Å². The predicted molar refractivity (Wildman–Crippen MR) is 103 cm³/mol. The predicted octanol–water partition coefficient (Wildman–Crippen LogP) is 2.59. The molecule has 1 N–H and O–H groups in total. The summed E-state index contributed by atoms with van der Waals surface area (Å²) >= 11 is 6.13. The summed E-state index contributed by atoms with van der Waals surface area (Å²) in [5.74, 6) is 0. The summed E-state index contributed by atoms with van der Waals surface area (Å²) in [6.45, 7) is 2.65. The molecule has 2 heterocycles. The van der Waals surface area contributed by atoms with Crippen molar-refractivity contribution in [1.82, 2.24) is 13.9 Å². The first kappa shape index (κ1) is 17.9. The van der Waals surface area contributed by atoms with Crippen LogP contribution in [0.4, 0.5) is 0 Å². The van der Waals surface area contributed by atoms with Crippen LogP contribution >= 0.6 is 11.6 Å². The van der Waals surface area contributed by atoms with Gasteiger partial charge in [0.05, 0.1) is 6.04 Å². The maximum absolute atomic E-state index is 13.4. The molecule has 0 radical (unpaired) electrons. The molecule has 138 valence electrons. The molecule has 1 saturated heterocycles. The number of nitrogens with one attached hydrogen (secondary N) is 1. The molecular formula is C19H22ClN3O2S. The lowest BCUT2D eigenvalue weighted by atomic mass is 10.0. The van der Waals surface area contributed by atoms with Crippen molar-refractivity contribution in [1.29, 1.82) is 0 Å². The Morgan fingerprint density at radius 3 is 2.65 bits per heavy atom. The van der Waals surface area contributed by atoms with Crippen molar-refractivity contribution in [2.24, 2.45) is 0 Å². The Morgan fingerprint density at radius 2 is 1.85 bits per heavy atom. The first-order valence-corrected chi connectivity index (χ1v) is 10.6. The fourth-order valence-corrected chi connectivity index (χ4v) is 5.73. The van der Waals surface area contributed by atoms with Crippen LogP contribution in [0.15, 0.2) is 48.5 Å². The van der Waals surface area contributed by atoms with E-state index >= 15 is 0 Å². The highest BCUT2D eigenvalue weighted by molar-refractivity contribution is 7.86. The molecule has 7 heteroatoms. The Bertz CT molecular complexity index is 903. The van der Waals surface area contributed by atoms with E-state index < -0.39 is 10.2 Å². The summed E-state index contributed by atoms with van der Waals surface area (Å²) in [7, 11) is -3.55. The minimum Gasteiger partial charge on any atom is -0.313 e. The molecule has 1 fully saturated rings. The van der Waals surface area contributed by atoms with Crippen molar-refractivity contribution in [3.63, 3.8) is 0 Å². The number of hydrogen-bond donors (Lipinski definition) is 1. The lowest BCUT2D eigenvalue weighted by Crippen LogP contribution is -2.54. The zero-order valence-corrected chi connectivity index (χ0v) is 16.0. The van der Waals surface area contributed by atoms with Gasteiger partial charge in [-0.1, -0.05) is 48.0 Å². The molecule has 0 aliphatic carbocycles.